The van der Waals surface area contributed by atoms with E-state index in [1.54, 1.807) is 0 Å². The number of aromatic nitrogens is 4. The van der Waals surface area contributed by atoms with E-state index in [1.807, 2.05) is 84.9 Å². The molecule has 7 aromatic carbocycles. The Morgan fingerprint density at radius 3 is 1.78 bits per heavy atom. The van der Waals surface area contributed by atoms with Crippen molar-refractivity contribution < 1.29 is 15.7 Å². The van der Waals surface area contributed by atoms with Gasteiger partial charge in [0.1, 0.15) is 16.7 Å². The number of hydrogen-bond acceptors (Lipinski definition) is 5. The van der Waals surface area contributed by atoms with Gasteiger partial charge in [0.2, 0.25) is 0 Å². The Kier molecular flexibility index (Phi) is 4.91. The molecule has 0 N–H and O–H groups in total. The SMILES string of the molecule is [2H]c1c([2H])c([2H])c(-c2nc(-c3ccc4c(c3)oc3ccccc34)nc(-c3ccc4oc5c(-n6c7ccccc7c7ccccc76)cccc5c4c3)n2)c([2H])c1[2H]. The van der Waals surface area contributed by atoms with Gasteiger partial charge in [-0.3, -0.25) is 0 Å². The Morgan fingerprint density at radius 1 is 0.431 bits per heavy atom. The van der Waals surface area contributed by atoms with Crippen molar-refractivity contribution in [2.75, 3.05) is 0 Å². The largest absolute Gasteiger partial charge is 0.456 e. The molecule has 6 nitrogen and oxygen atoms in total. The number of para-hydroxylation sites is 4. The fourth-order valence-corrected chi connectivity index (χ4v) is 7.25. The van der Waals surface area contributed by atoms with Gasteiger partial charge in [-0.1, -0.05) is 103 Å². The van der Waals surface area contributed by atoms with Gasteiger partial charge in [0.15, 0.2) is 23.1 Å². The van der Waals surface area contributed by atoms with Crippen molar-refractivity contribution in [2.24, 2.45) is 0 Å². The van der Waals surface area contributed by atoms with Crippen molar-refractivity contribution in [1.29, 1.82) is 0 Å². The van der Waals surface area contributed by atoms with E-state index in [0.29, 0.717) is 22.3 Å². The molecule has 0 saturated heterocycles. The van der Waals surface area contributed by atoms with Crippen LogP contribution in [0.2, 0.25) is 0 Å². The molecule has 0 aliphatic rings. The Hall–Kier alpha value is -7.05. The van der Waals surface area contributed by atoms with Crippen LogP contribution in [0.15, 0.2) is 166 Å². The number of rotatable bonds is 4. The van der Waals surface area contributed by atoms with E-state index < -0.39 is 30.2 Å². The molecule has 4 heterocycles. The molecule has 0 saturated carbocycles. The quantitative estimate of drug-likeness (QED) is 0.188. The molecule has 6 heteroatoms. The number of fused-ring (bicyclic) bond motifs is 9. The van der Waals surface area contributed by atoms with E-state index >= 15 is 0 Å². The average molecular weight is 660 g/mol. The molecule has 11 aromatic rings. The van der Waals surface area contributed by atoms with Crippen molar-refractivity contribution in [3.05, 3.63) is 158 Å². The second kappa shape index (κ2) is 10.7. The number of hydrogen-bond donors (Lipinski definition) is 0. The first-order valence-electron chi connectivity index (χ1n) is 19.0. The van der Waals surface area contributed by atoms with E-state index in [0.717, 1.165) is 60.2 Å². The lowest BCUT2D eigenvalue weighted by atomic mass is 10.1. The Morgan fingerprint density at radius 2 is 1.02 bits per heavy atom. The van der Waals surface area contributed by atoms with Gasteiger partial charge >= 0.3 is 0 Å². The average Bonchev–Trinajstić information content (AvgIpc) is 3.91. The molecule has 0 aliphatic heterocycles. The van der Waals surface area contributed by atoms with E-state index in [-0.39, 0.29) is 23.0 Å². The molecule has 11 rings (SSSR count). The van der Waals surface area contributed by atoms with Gasteiger partial charge in [-0.15, -0.1) is 0 Å². The van der Waals surface area contributed by atoms with Crippen LogP contribution in [0.1, 0.15) is 6.85 Å². The molecule has 51 heavy (non-hydrogen) atoms. The first kappa shape index (κ1) is 23.3. The Bertz CT molecular complexity index is 3380. The predicted octanol–water partition coefficient (Wildman–Crippen LogP) is 11.8. The molecule has 0 atom stereocenters. The molecular weight excluding hydrogens is 629 g/mol. The summed E-state index contributed by atoms with van der Waals surface area (Å²) >= 11 is 0. The van der Waals surface area contributed by atoms with Crippen LogP contribution in [-0.2, 0) is 0 Å². The lowest BCUT2D eigenvalue weighted by Gasteiger charge is -2.09. The van der Waals surface area contributed by atoms with Gasteiger partial charge in [0, 0.05) is 49.0 Å². The van der Waals surface area contributed by atoms with Crippen LogP contribution in [0.25, 0.3) is 106 Å². The molecule has 0 radical (unpaired) electrons. The molecule has 4 aromatic heterocycles. The monoisotopic (exact) mass is 659 g/mol. The second-order valence-corrected chi connectivity index (χ2v) is 12.5. The minimum atomic E-state index is -0.494. The Labute approximate surface area is 297 Å². The molecule has 0 spiro atoms. The fraction of sp³-hybridized carbons (Fsp3) is 0. The van der Waals surface area contributed by atoms with Gasteiger partial charge < -0.3 is 13.4 Å². The van der Waals surface area contributed by atoms with Crippen LogP contribution in [-0.4, -0.2) is 19.5 Å². The summed E-state index contributed by atoms with van der Waals surface area (Å²) in [6.07, 6.45) is 0. The van der Waals surface area contributed by atoms with Crippen molar-refractivity contribution in [2.45, 2.75) is 0 Å². The van der Waals surface area contributed by atoms with Crippen LogP contribution < -0.4 is 0 Å². The molecule has 0 bridgehead atoms. The summed E-state index contributed by atoms with van der Waals surface area (Å²) in [6.45, 7) is 0. The topological polar surface area (TPSA) is 69.9 Å². The highest BCUT2D eigenvalue weighted by atomic mass is 16.3. The minimum Gasteiger partial charge on any atom is -0.456 e. The lowest BCUT2D eigenvalue weighted by molar-refractivity contribution is 0.666. The zero-order valence-electron chi connectivity index (χ0n) is 31.7. The zero-order valence-corrected chi connectivity index (χ0v) is 26.7. The van der Waals surface area contributed by atoms with Crippen LogP contribution in [0, 0.1) is 0 Å². The van der Waals surface area contributed by atoms with Crippen LogP contribution >= 0.6 is 0 Å². The van der Waals surface area contributed by atoms with E-state index in [9.17, 15) is 0 Å². The fourth-order valence-electron chi connectivity index (χ4n) is 7.25. The molecule has 238 valence electrons. The molecular formula is C45H26N4O2. The predicted molar refractivity (Wildman–Crippen MR) is 205 cm³/mol. The maximum absolute atomic E-state index is 8.75. The number of benzene rings is 7. The van der Waals surface area contributed by atoms with Gasteiger partial charge in [0.05, 0.1) is 23.6 Å². The standard InChI is InChI=1S/C45H26N4O2/c1-2-11-27(12-3-1)43-46-44(48-45(47-43)29-21-23-33-32-15-6-9-20-39(32)50-41(33)26-29)28-22-24-40-35(25-28)34-16-10-19-38(42(34)51-40)49-36-17-7-4-13-30(36)31-14-5-8-18-37(31)49/h1-26H/i1D,2D,3D,11D,12D. The van der Waals surface area contributed by atoms with Gasteiger partial charge in [0.25, 0.3) is 0 Å². The smallest absolute Gasteiger partial charge is 0.164 e. The number of furan rings is 2. The van der Waals surface area contributed by atoms with Crippen LogP contribution in [0.3, 0.4) is 0 Å². The summed E-state index contributed by atoms with van der Waals surface area (Å²) in [5.74, 6) is 0.471. The van der Waals surface area contributed by atoms with Gasteiger partial charge in [-0.05, 0) is 54.6 Å². The van der Waals surface area contributed by atoms with E-state index in [1.165, 1.54) is 0 Å². The summed E-state index contributed by atoms with van der Waals surface area (Å²) in [7, 11) is 0. The van der Waals surface area contributed by atoms with Gasteiger partial charge in [-0.2, -0.15) is 0 Å². The normalized spacial score (nSPS) is 13.3. The summed E-state index contributed by atoms with van der Waals surface area (Å²) in [5, 5.41) is 5.96. The van der Waals surface area contributed by atoms with Crippen LogP contribution in [0.4, 0.5) is 0 Å². The highest BCUT2D eigenvalue weighted by Gasteiger charge is 2.19. The first-order valence-corrected chi connectivity index (χ1v) is 16.5. The lowest BCUT2D eigenvalue weighted by Crippen LogP contribution is -2.00. The third kappa shape index (κ3) is 4.26. The van der Waals surface area contributed by atoms with Crippen molar-refractivity contribution in [3.8, 4) is 39.9 Å². The maximum Gasteiger partial charge on any atom is 0.164 e. The van der Waals surface area contributed by atoms with Crippen molar-refractivity contribution in [3.63, 3.8) is 0 Å². The summed E-state index contributed by atoms with van der Waals surface area (Å²) in [4.78, 5) is 14.4. The Balaban J connectivity index is 1.13. The third-order valence-electron chi connectivity index (χ3n) is 9.55. The van der Waals surface area contributed by atoms with Crippen molar-refractivity contribution in [1.82, 2.24) is 19.5 Å². The third-order valence-corrected chi connectivity index (χ3v) is 9.55. The van der Waals surface area contributed by atoms with E-state index in [4.69, 9.17) is 30.6 Å². The van der Waals surface area contributed by atoms with Gasteiger partial charge in [-0.25, -0.2) is 15.0 Å². The molecule has 0 amide bonds. The summed E-state index contributed by atoms with van der Waals surface area (Å²) in [6, 6.07) is 39.7. The highest BCUT2D eigenvalue weighted by molar-refractivity contribution is 6.13. The zero-order chi connectivity index (χ0) is 37.8. The first-order chi connectivity index (χ1) is 27.3. The second-order valence-electron chi connectivity index (χ2n) is 12.5. The summed E-state index contributed by atoms with van der Waals surface area (Å²) < 4.78 is 57.4. The summed E-state index contributed by atoms with van der Waals surface area (Å²) in [5.41, 5.74) is 6.96. The molecule has 0 unspecified atom stereocenters. The number of nitrogens with zero attached hydrogens (tertiary/aromatic N) is 4. The maximum atomic E-state index is 8.75. The molecule has 0 fully saturated rings. The van der Waals surface area contributed by atoms with E-state index in [2.05, 4.69) is 47.0 Å². The van der Waals surface area contributed by atoms with Crippen molar-refractivity contribution >= 4 is 65.7 Å². The molecule has 0 aliphatic carbocycles. The van der Waals surface area contributed by atoms with Crippen LogP contribution in [0.5, 0.6) is 0 Å². The highest BCUT2D eigenvalue weighted by Crippen LogP contribution is 2.39. The minimum absolute atomic E-state index is 0.0440.